The molecule has 0 aliphatic carbocycles. The molecule has 2 aromatic carbocycles. The molecule has 0 fully saturated rings. The summed E-state index contributed by atoms with van der Waals surface area (Å²) in [5.74, 6) is 1.25. The van der Waals surface area contributed by atoms with Gasteiger partial charge in [0.2, 0.25) is 11.8 Å². The lowest BCUT2D eigenvalue weighted by Crippen LogP contribution is -2.20. The molecule has 0 bridgehead atoms. The monoisotopic (exact) mass is 383 g/mol. The highest BCUT2D eigenvalue weighted by molar-refractivity contribution is 5.86. The highest BCUT2D eigenvalue weighted by Gasteiger charge is 2.17. The van der Waals surface area contributed by atoms with Crippen LogP contribution in [-0.4, -0.2) is 28.1 Å². The Kier molecular flexibility index (Phi) is 4.24. The van der Waals surface area contributed by atoms with Gasteiger partial charge in [-0.05, 0) is 43.2 Å². The van der Waals surface area contributed by atoms with Gasteiger partial charge in [0.25, 0.3) is 0 Å². The molecule has 0 saturated heterocycles. The number of rotatable bonds is 3. The number of nitrogens with zero attached hydrogens (tertiary/aromatic N) is 3. The second-order valence-corrected chi connectivity index (χ2v) is 7.21. The summed E-state index contributed by atoms with van der Waals surface area (Å²) in [5.41, 5.74) is 7.29. The van der Waals surface area contributed by atoms with E-state index in [4.69, 9.17) is 9.72 Å². The van der Waals surface area contributed by atoms with Gasteiger partial charge in [0, 0.05) is 35.6 Å². The van der Waals surface area contributed by atoms with Crippen LogP contribution in [0.1, 0.15) is 11.1 Å². The maximum atomic E-state index is 5.64. The summed E-state index contributed by atoms with van der Waals surface area (Å²) < 4.78 is 5.64. The Morgan fingerprint density at radius 3 is 2.72 bits per heavy atom. The summed E-state index contributed by atoms with van der Waals surface area (Å²) >= 11 is 0. The van der Waals surface area contributed by atoms with Gasteiger partial charge in [-0.25, -0.2) is 15.0 Å². The Hall–Kier alpha value is -3.67. The lowest BCUT2D eigenvalue weighted by Gasteiger charge is -2.21. The molecule has 0 radical (unpaired) electrons. The van der Waals surface area contributed by atoms with Crippen LogP contribution in [0.25, 0.3) is 22.0 Å². The SMILES string of the molecule is Cc1ccc(Nc2ncc3ccc(-c4cnc5c(c4C)NCCO5)cc3n2)cc1. The smallest absolute Gasteiger partial charge is 0.237 e. The van der Waals surface area contributed by atoms with Crippen molar-refractivity contribution in [2.45, 2.75) is 13.8 Å². The number of fused-ring (bicyclic) bond motifs is 2. The zero-order valence-electron chi connectivity index (χ0n) is 16.4. The van der Waals surface area contributed by atoms with E-state index < -0.39 is 0 Å². The predicted molar refractivity (Wildman–Crippen MR) is 116 cm³/mol. The van der Waals surface area contributed by atoms with Crippen molar-refractivity contribution in [1.82, 2.24) is 15.0 Å². The molecule has 2 N–H and O–H groups in total. The standard InChI is InChI=1S/C23H21N5O/c1-14-3-7-18(8-4-14)27-23-26-12-17-6-5-16(11-20(17)28-23)19-13-25-22-21(15(19)2)24-9-10-29-22/h3-8,11-13,24H,9-10H2,1-2H3,(H,26,27,28). The highest BCUT2D eigenvalue weighted by Crippen LogP contribution is 2.35. The lowest BCUT2D eigenvalue weighted by molar-refractivity contribution is 0.310. The van der Waals surface area contributed by atoms with Crippen molar-refractivity contribution in [2.75, 3.05) is 23.8 Å². The van der Waals surface area contributed by atoms with E-state index in [0.717, 1.165) is 45.5 Å². The minimum atomic E-state index is 0.578. The molecule has 0 amide bonds. The minimum Gasteiger partial charge on any atom is -0.474 e. The number of aryl methyl sites for hydroxylation is 1. The van der Waals surface area contributed by atoms with Crippen molar-refractivity contribution in [2.24, 2.45) is 0 Å². The van der Waals surface area contributed by atoms with E-state index in [1.807, 2.05) is 30.6 Å². The fourth-order valence-corrected chi connectivity index (χ4v) is 3.53. The first-order chi connectivity index (χ1) is 14.2. The molecule has 0 atom stereocenters. The van der Waals surface area contributed by atoms with E-state index in [0.29, 0.717) is 18.4 Å². The molecule has 1 aliphatic rings. The van der Waals surface area contributed by atoms with Crippen molar-refractivity contribution < 1.29 is 4.74 Å². The molecule has 4 aromatic rings. The van der Waals surface area contributed by atoms with Crippen molar-refractivity contribution >= 4 is 28.2 Å². The van der Waals surface area contributed by atoms with Crippen molar-refractivity contribution in [3.8, 4) is 17.0 Å². The zero-order valence-corrected chi connectivity index (χ0v) is 16.4. The molecule has 6 nitrogen and oxygen atoms in total. The third kappa shape index (κ3) is 3.33. The summed E-state index contributed by atoms with van der Waals surface area (Å²) in [5, 5.41) is 7.66. The molecule has 0 saturated carbocycles. The maximum Gasteiger partial charge on any atom is 0.237 e. The first-order valence-electron chi connectivity index (χ1n) is 9.64. The Bertz CT molecular complexity index is 1200. The van der Waals surface area contributed by atoms with E-state index in [1.54, 1.807) is 0 Å². The van der Waals surface area contributed by atoms with Crippen molar-refractivity contribution in [3.63, 3.8) is 0 Å². The molecular weight excluding hydrogens is 362 g/mol. The van der Waals surface area contributed by atoms with Crippen LogP contribution in [0.15, 0.2) is 54.9 Å². The summed E-state index contributed by atoms with van der Waals surface area (Å²) in [6.45, 7) is 5.59. The predicted octanol–water partition coefficient (Wildman–Crippen LogP) is 4.86. The number of nitrogens with one attached hydrogen (secondary N) is 2. The fraction of sp³-hybridized carbons (Fsp3) is 0.174. The minimum absolute atomic E-state index is 0.578. The van der Waals surface area contributed by atoms with E-state index in [9.17, 15) is 0 Å². The lowest BCUT2D eigenvalue weighted by atomic mass is 10.00. The number of anilines is 3. The summed E-state index contributed by atoms with van der Waals surface area (Å²) in [4.78, 5) is 13.6. The topological polar surface area (TPSA) is 72.0 Å². The third-order valence-electron chi connectivity index (χ3n) is 5.15. The number of aromatic nitrogens is 3. The van der Waals surface area contributed by atoms with E-state index in [2.05, 4.69) is 58.7 Å². The zero-order chi connectivity index (χ0) is 19.8. The van der Waals surface area contributed by atoms with Gasteiger partial charge >= 0.3 is 0 Å². The van der Waals surface area contributed by atoms with Crippen LogP contribution < -0.4 is 15.4 Å². The summed E-state index contributed by atoms with van der Waals surface area (Å²) in [7, 11) is 0. The van der Waals surface area contributed by atoms with E-state index >= 15 is 0 Å². The second-order valence-electron chi connectivity index (χ2n) is 7.21. The number of hydrogen-bond donors (Lipinski definition) is 2. The van der Waals surface area contributed by atoms with Crippen molar-refractivity contribution in [3.05, 3.63) is 66.0 Å². The molecule has 0 unspecified atom stereocenters. The Morgan fingerprint density at radius 2 is 1.86 bits per heavy atom. The molecular formula is C23H21N5O. The van der Waals surface area contributed by atoms with Gasteiger partial charge in [-0.15, -0.1) is 0 Å². The van der Waals surface area contributed by atoms with Crippen LogP contribution in [0, 0.1) is 13.8 Å². The third-order valence-corrected chi connectivity index (χ3v) is 5.15. The van der Waals surface area contributed by atoms with Gasteiger partial charge in [0.15, 0.2) is 0 Å². The molecule has 2 aromatic heterocycles. The molecule has 0 spiro atoms. The van der Waals surface area contributed by atoms with Gasteiger partial charge in [-0.3, -0.25) is 0 Å². The number of ether oxygens (including phenoxy) is 1. The van der Waals surface area contributed by atoms with E-state index in [1.165, 1.54) is 5.56 Å². The molecule has 1 aliphatic heterocycles. The van der Waals surface area contributed by atoms with Gasteiger partial charge in [0.05, 0.1) is 5.52 Å². The molecule has 6 heteroatoms. The summed E-state index contributed by atoms with van der Waals surface area (Å²) in [6, 6.07) is 14.4. The largest absolute Gasteiger partial charge is 0.474 e. The van der Waals surface area contributed by atoms with Crippen molar-refractivity contribution in [1.29, 1.82) is 0 Å². The van der Waals surface area contributed by atoms with Crippen LogP contribution in [0.5, 0.6) is 5.88 Å². The van der Waals surface area contributed by atoms with Gasteiger partial charge in [-0.2, -0.15) is 0 Å². The quantitative estimate of drug-likeness (QED) is 0.527. The Morgan fingerprint density at radius 1 is 1.00 bits per heavy atom. The summed E-state index contributed by atoms with van der Waals surface area (Å²) in [6.07, 6.45) is 3.71. The molecule has 144 valence electrons. The van der Waals surface area contributed by atoms with Gasteiger partial charge in [-0.1, -0.05) is 29.8 Å². The van der Waals surface area contributed by atoms with Crippen LogP contribution in [0.2, 0.25) is 0 Å². The van der Waals surface area contributed by atoms with Crippen LogP contribution in [0.3, 0.4) is 0 Å². The average molecular weight is 383 g/mol. The number of hydrogen-bond acceptors (Lipinski definition) is 6. The Balaban J connectivity index is 1.52. The number of pyridine rings is 1. The van der Waals surface area contributed by atoms with Gasteiger partial charge < -0.3 is 15.4 Å². The maximum absolute atomic E-state index is 5.64. The highest BCUT2D eigenvalue weighted by atomic mass is 16.5. The van der Waals surface area contributed by atoms with Gasteiger partial charge in [0.1, 0.15) is 12.3 Å². The average Bonchev–Trinajstić information content (AvgIpc) is 2.75. The van der Waals surface area contributed by atoms with Crippen LogP contribution >= 0.6 is 0 Å². The molecule has 5 rings (SSSR count). The van der Waals surface area contributed by atoms with Crippen LogP contribution in [-0.2, 0) is 0 Å². The second kappa shape index (κ2) is 7.05. The van der Waals surface area contributed by atoms with Crippen LogP contribution in [0.4, 0.5) is 17.3 Å². The van der Waals surface area contributed by atoms with E-state index in [-0.39, 0.29) is 0 Å². The molecule has 29 heavy (non-hydrogen) atoms. The number of benzene rings is 2. The normalized spacial score (nSPS) is 12.8. The first kappa shape index (κ1) is 17.4. The first-order valence-corrected chi connectivity index (χ1v) is 9.64. The Labute approximate surface area is 169 Å². The molecule has 3 heterocycles. The fourth-order valence-electron chi connectivity index (χ4n) is 3.53.